The van der Waals surface area contributed by atoms with Gasteiger partial charge in [-0.1, -0.05) is 24.3 Å². The van der Waals surface area contributed by atoms with E-state index in [9.17, 15) is 14.9 Å². The number of primary amides is 1. The van der Waals surface area contributed by atoms with Crippen molar-refractivity contribution in [2.75, 3.05) is 18.0 Å². The molecular formula is C26H33N5O3S. The Morgan fingerprint density at radius 2 is 1.89 bits per heavy atom. The van der Waals surface area contributed by atoms with Crippen LogP contribution in [0.15, 0.2) is 41.8 Å². The smallest absolute Gasteiger partial charge is 0.408 e. The Morgan fingerprint density at radius 3 is 2.46 bits per heavy atom. The zero-order valence-corrected chi connectivity index (χ0v) is 21.5. The first-order chi connectivity index (χ1) is 16.6. The van der Waals surface area contributed by atoms with E-state index in [1.54, 1.807) is 20.8 Å². The zero-order valence-electron chi connectivity index (χ0n) is 20.7. The van der Waals surface area contributed by atoms with E-state index in [1.807, 2.05) is 35.7 Å². The van der Waals surface area contributed by atoms with Gasteiger partial charge >= 0.3 is 6.09 Å². The molecule has 0 unspecified atom stereocenters. The van der Waals surface area contributed by atoms with Crippen LogP contribution in [-0.2, 0) is 23.0 Å². The van der Waals surface area contributed by atoms with Crippen molar-refractivity contribution in [2.45, 2.75) is 51.7 Å². The van der Waals surface area contributed by atoms with Gasteiger partial charge in [0.25, 0.3) is 0 Å². The molecule has 1 saturated heterocycles. The van der Waals surface area contributed by atoms with Gasteiger partial charge in [0.15, 0.2) is 0 Å². The lowest BCUT2D eigenvalue weighted by molar-refractivity contribution is -0.120. The van der Waals surface area contributed by atoms with Crippen LogP contribution in [0.1, 0.15) is 44.1 Å². The van der Waals surface area contributed by atoms with Crippen molar-refractivity contribution in [3.63, 3.8) is 0 Å². The number of rotatable bonds is 5. The summed E-state index contributed by atoms with van der Waals surface area (Å²) in [5.41, 5.74) is 6.63. The van der Waals surface area contributed by atoms with E-state index in [-0.39, 0.29) is 0 Å². The minimum atomic E-state index is -0.751. The van der Waals surface area contributed by atoms with E-state index < -0.39 is 23.6 Å². The number of aryl methyl sites for hydroxylation is 1. The lowest BCUT2D eigenvalue weighted by Crippen LogP contribution is -2.47. The molecule has 3 N–H and O–H groups in total. The maximum atomic E-state index is 11.6. The number of nitrogens with one attached hydrogen (secondary N) is 1. The van der Waals surface area contributed by atoms with Crippen LogP contribution in [0.5, 0.6) is 0 Å². The number of fused-ring (bicyclic) bond motifs is 1. The molecule has 186 valence electrons. The Labute approximate surface area is 210 Å². The molecule has 2 aromatic heterocycles. The number of hydrogen-bond donors (Lipinski definition) is 2. The number of nitrogens with zero attached hydrogens (tertiary/aromatic N) is 3. The number of thiophene rings is 1. The summed E-state index contributed by atoms with van der Waals surface area (Å²) in [7, 11) is 2.05. The van der Waals surface area contributed by atoms with Gasteiger partial charge in [-0.15, -0.1) is 11.3 Å². The Morgan fingerprint density at radius 1 is 1.20 bits per heavy atom. The molecule has 0 spiro atoms. The monoisotopic (exact) mass is 495 g/mol. The molecule has 1 fully saturated rings. The molecule has 0 bridgehead atoms. The number of nitriles is 1. The van der Waals surface area contributed by atoms with Crippen molar-refractivity contribution in [1.29, 1.82) is 5.26 Å². The summed E-state index contributed by atoms with van der Waals surface area (Å²) >= 11 is 1.51. The number of anilines is 1. The SMILES string of the molecule is CC(C)(C)OC(=O)N[C@@H](Cc1cccs1)C(N)=O.Cn1c(N2CCCC2)c(C#N)c2ccccc21. The molecule has 1 aliphatic heterocycles. The van der Waals surface area contributed by atoms with Gasteiger partial charge in [-0.25, -0.2) is 4.79 Å². The normalized spacial score (nSPS) is 14.1. The van der Waals surface area contributed by atoms with Crippen LogP contribution in [0.25, 0.3) is 10.9 Å². The Bertz CT molecular complexity index is 1200. The van der Waals surface area contributed by atoms with E-state index in [0.717, 1.165) is 40.3 Å². The van der Waals surface area contributed by atoms with Gasteiger partial charge in [-0.3, -0.25) is 4.79 Å². The van der Waals surface area contributed by atoms with Crippen LogP contribution < -0.4 is 16.0 Å². The number of alkyl carbamates (subject to hydrolysis) is 1. The lowest BCUT2D eigenvalue weighted by Gasteiger charge is -2.22. The average molecular weight is 496 g/mol. The maximum absolute atomic E-state index is 11.6. The maximum Gasteiger partial charge on any atom is 0.408 e. The summed E-state index contributed by atoms with van der Waals surface area (Å²) in [5, 5.41) is 14.9. The molecular weight excluding hydrogens is 462 g/mol. The molecule has 3 heterocycles. The fraction of sp³-hybridized carbons (Fsp3) is 0.423. The molecule has 0 radical (unpaired) electrons. The molecule has 9 heteroatoms. The molecule has 1 atom stereocenters. The van der Waals surface area contributed by atoms with Gasteiger partial charge in [-0.2, -0.15) is 5.26 Å². The van der Waals surface area contributed by atoms with Gasteiger partial charge in [0, 0.05) is 36.8 Å². The predicted molar refractivity (Wildman–Crippen MR) is 139 cm³/mol. The highest BCUT2D eigenvalue weighted by Crippen LogP contribution is 2.32. The topological polar surface area (TPSA) is 113 Å². The van der Waals surface area contributed by atoms with Crippen molar-refractivity contribution in [2.24, 2.45) is 12.8 Å². The molecule has 1 aromatic carbocycles. The number of ether oxygens (including phenoxy) is 1. The second-order valence-electron chi connectivity index (χ2n) is 9.47. The third-order valence-corrected chi connectivity index (χ3v) is 6.51. The van der Waals surface area contributed by atoms with E-state index >= 15 is 0 Å². The molecule has 8 nitrogen and oxygen atoms in total. The van der Waals surface area contributed by atoms with Crippen molar-refractivity contribution >= 4 is 40.1 Å². The summed E-state index contributed by atoms with van der Waals surface area (Å²) < 4.78 is 7.24. The second-order valence-corrected chi connectivity index (χ2v) is 10.5. The predicted octanol–water partition coefficient (Wildman–Crippen LogP) is 4.32. The first-order valence-electron chi connectivity index (χ1n) is 11.6. The molecule has 1 aliphatic rings. The minimum Gasteiger partial charge on any atom is -0.444 e. The number of hydrogen-bond acceptors (Lipinski definition) is 6. The van der Waals surface area contributed by atoms with Gasteiger partial charge in [-0.05, 0) is 51.1 Å². The van der Waals surface area contributed by atoms with Gasteiger partial charge in [0.05, 0.1) is 5.52 Å². The van der Waals surface area contributed by atoms with Crippen LogP contribution >= 0.6 is 11.3 Å². The van der Waals surface area contributed by atoms with Crippen molar-refractivity contribution in [1.82, 2.24) is 9.88 Å². The molecule has 2 amide bonds. The van der Waals surface area contributed by atoms with Crippen molar-refractivity contribution < 1.29 is 14.3 Å². The lowest BCUT2D eigenvalue weighted by atomic mass is 10.1. The number of nitrogens with two attached hydrogens (primary N) is 1. The fourth-order valence-corrected chi connectivity index (χ4v) is 4.84. The quantitative estimate of drug-likeness (QED) is 0.547. The first kappa shape index (κ1) is 26.1. The van der Waals surface area contributed by atoms with Crippen molar-refractivity contribution in [3.8, 4) is 6.07 Å². The number of aromatic nitrogens is 1. The number of carbonyl (C=O) groups is 2. The van der Waals surface area contributed by atoms with E-state index in [1.165, 1.54) is 24.2 Å². The highest BCUT2D eigenvalue weighted by Gasteiger charge is 2.24. The van der Waals surface area contributed by atoms with Crippen LogP contribution in [0.2, 0.25) is 0 Å². The van der Waals surface area contributed by atoms with Gasteiger partial charge < -0.3 is 25.3 Å². The average Bonchev–Trinajstić information content (AvgIpc) is 3.54. The van der Waals surface area contributed by atoms with Crippen LogP contribution in [-0.4, -0.2) is 41.3 Å². The fourth-order valence-electron chi connectivity index (χ4n) is 4.09. The third kappa shape index (κ3) is 6.76. The summed E-state index contributed by atoms with van der Waals surface area (Å²) in [6.07, 6.45) is 2.20. The summed E-state index contributed by atoms with van der Waals surface area (Å²) in [5.74, 6) is 0.514. The summed E-state index contributed by atoms with van der Waals surface area (Å²) in [6, 6.07) is 13.5. The summed E-state index contributed by atoms with van der Waals surface area (Å²) in [4.78, 5) is 26.2. The van der Waals surface area contributed by atoms with E-state index in [0.29, 0.717) is 6.42 Å². The van der Waals surface area contributed by atoms with E-state index in [2.05, 4.69) is 34.0 Å². The van der Waals surface area contributed by atoms with Crippen LogP contribution in [0, 0.1) is 11.3 Å². The van der Waals surface area contributed by atoms with Crippen LogP contribution in [0.3, 0.4) is 0 Å². The minimum absolute atomic E-state index is 0.381. The Balaban J connectivity index is 0.000000196. The summed E-state index contributed by atoms with van der Waals surface area (Å²) in [6.45, 7) is 7.40. The Kier molecular flexibility index (Phi) is 8.41. The van der Waals surface area contributed by atoms with Crippen LogP contribution in [0.4, 0.5) is 10.6 Å². The second kappa shape index (κ2) is 11.3. The molecule has 0 saturated carbocycles. The standard InChI is InChI=1S/C14H15N3.C12H18N2O3S/c1-16-13-7-3-2-6-11(13)12(10-15)14(16)17-8-4-5-9-17;1-12(2,3)17-11(16)14-9(10(13)15)7-8-5-4-6-18-8/h2-3,6-7H,4-5,8-9H2,1H3;4-6,9H,7H2,1-3H3,(H2,13,15)(H,14,16)/t;9-/m.0/s1. The largest absolute Gasteiger partial charge is 0.444 e. The number of benzene rings is 1. The van der Waals surface area contributed by atoms with Crippen molar-refractivity contribution in [3.05, 3.63) is 52.2 Å². The highest BCUT2D eigenvalue weighted by molar-refractivity contribution is 7.09. The molecule has 35 heavy (non-hydrogen) atoms. The number of carbonyl (C=O) groups excluding carboxylic acids is 2. The highest BCUT2D eigenvalue weighted by atomic mass is 32.1. The molecule has 3 aromatic rings. The van der Waals surface area contributed by atoms with Gasteiger partial charge in [0.2, 0.25) is 5.91 Å². The number of amides is 2. The first-order valence-corrected chi connectivity index (χ1v) is 12.5. The Hall–Kier alpha value is -3.51. The molecule has 0 aliphatic carbocycles. The number of para-hydroxylation sites is 1. The third-order valence-electron chi connectivity index (χ3n) is 5.61. The van der Waals surface area contributed by atoms with E-state index in [4.69, 9.17) is 10.5 Å². The molecule has 4 rings (SSSR count). The van der Waals surface area contributed by atoms with Gasteiger partial charge in [0.1, 0.15) is 29.1 Å². The zero-order chi connectivity index (χ0) is 25.6.